The van der Waals surface area contributed by atoms with E-state index in [-0.39, 0.29) is 17.3 Å². The minimum absolute atomic E-state index is 0.0332. The first-order valence-corrected chi connectivity index (χ1v) is 6.80. The average molecular weight is 243 g/mol. The minimum Gasteiger partial charge on any atom is -0.397 e. The monoisotopic (exact) mass is 243 g/mol. The molecule has 0 radical (unpaired) electrons. The molecule has 0 saturated carbocycles. The maximum absolute atomic E-state index is 11.9. The van der Waals surface area contributed by atoms with Gasteiger partial charge in [0.1, 0.15) is 0 Å². The summed E-state index contributed by atoms with van der Waals surface area (Å²) in [7, 11) is -3.34. The molecule has 1 rings (SSSR count). The van der Waals surface area contributed by atoms with Gasteiger partial charge in [0.2, 0.25) is 0 Å². The van der Waals surface area contributed by atoms with Gasteiger partial charge in [-0.25, -0.2) is 8.42 Å². The number of benzene rings is 1. The van der Waals surface area contributed by atoms with Crippen LogP contribution in [0.2, 0.25) is 0 Å². The van der Waals surface area contributed by atoms with Crippen molar-refractivity contribution >= 4 is 15.5 Å². The molecule has 0 aromatic heterocycles. The lowest BCUT2D eigenvalue weighted by molar-refractivity contribution is 0.163. The van der Waals surface area contributed by atoms with Gasteiger partial charge in [0, 0.05) is 6.61 Å². The first kappa shape index (κ1) is 13.0. The highest BCUT2D eigenvalue weighted by Crippen LogP contribution is 2.22. The molecule has 0 spiro atoms. The standard InChI is InChI=1S/C11H17NO3S/c1-3-15-7-8-16(13,14)10-6-4-5-9(2)11(10)12/h4-6H,3,7-8,12H2,1-2H3. The summed E-state index contributed by atoms with van der Waals surface area (Å²) in [5, 5.41) is 0. The van der Waals surface area contributed by atoms with E-state index in [0.29, 0.717) is 12.3 Å². The lowest BCUT2D eigenvalue weighted by atomic mass is 10.2. The first-order valence-electron chi connectivity index (χ1n) is 5.14. The molecule has 4 nitrogen and oxygen atoms in total. The van der Waals surface area contributed by atoms with E-state index in [0.717, 1.165) is 5.56 Å². The summed E-state index contributed by atoms with van der Waals surface area (Å²) in [6.45, 7) is 4.33. The Balaban J connectivity index is 2.94. The number of hydrogen-bond donors (Lipinski definition) is 1. The maximum Gasteiger partial charge on any atom is 0.182 e. The molecule has 0 aliphatic carbocycles. The van der Waals surface area contributed by atoms with Gasteiger partial charge in [-0.2, -0.15) is 0 Å². The van der Waals surface area contributed by atoms with Crippen LogP contribution in [0.3, 0.4) is 0 Å². The van der Waals surface area contributed by atoms with Crippen molar-refractivity contribution in [3.05, 3.63) is 23.8 Å². The van der Waals surface area contributed by atoms with Gasteiger partial charge in [-0.15, -0.1) is 0 Å². The predicted octanol–water partition coefficient (Wildman–Crippen LogP) is 1.39. The lowest BCUT2D eigenvalue weighted by Gasteiger charge is -2.09. The van der Waals surface area contributed by atoms with Crippen molar-refractivity contribution in [1.29, 1.82) is 0 Å². The van der Waals surface area contributed by atoms with Crippen LogP contribution in [-0.2, 0) is 14.6 Å². The van der Waals surface area contributed by atoms with Crippen LogP contribution in [0.25, 0.3) is 0 Å². The van der Waals surface area contributed by atoms with Gasteiger partial charge < -0.3 is 10.5 Å². The van der Waals surface area contributed by atoms with Crippen LogP contribution in [0.1, 0.15) is 12.5 Å². The van der Waals surface area contributed by atoms with Crippen LogP contribution in [0.4, 0.5) is 5.69 Å². The number of ether oxygens (including phenoxy) is 1. The van der Waals surface area contributed by atoms with Crippen LogP contribution in [-0.4, -0.2) is 27.4 Å². The van der Waals surface area contributed by atoms with E-state index < -0.39 is 9.84 Å². The molecule has 0 heterocycles. The summed E-state index contributed by atoms with van der Waals surface area (Å²) in [6, 6.07) is 5.01. The third kappa shape index (κ3) is 2.96. The minimum atomic E-state index is -3.34. The number of para-hydroxylation sites is 1. The van der Waals surface area contributed by atoms with E-state index in [4.69, 9.17) is 10.5 Å². The number of sulfone groups is 1. The predicted molar refractivity (Wildman–Crippen MR) is 64.1 cm³/mol. The van der Waals surface area contributed by atoms with E-state index in [9.17, 15) is 8.42 Å². The van der Waals surface area contributed by atoms with Gasteiger partial charge in [-0.1, -0.05) is 12.1 Å². The summed E-state index contributed by atoms with van der Waals surface area (Å²) in [5.74, 6) is -0.0332. The van der Waals surface area contributed by atoms with Crippen LogP contribution in [0.15, 0.2) is 23.1 Å². The summed E-state index contributed by atoms with van der Waals surface area (Å²) >= 11 is 0. The van der Waals surface area contributed by atoms with E-state index >= 15 is 0 Å². The van der Waals surface area contributed by atoms with Gasteiger partial charge in [0.15, 0.2) is 9.84 Å². The Morgan fingerprint density at radius 2 is 2.06 bits per heavy atom. The van der Waals surface area contributed by atoms with Crippen molar-refractivity contribution in [1.82, 2.24) is 0 Å². The average Bonchev–Trinajstić information content (AvgIpc) is 2.22. The van der Waals surface area contributed by atoms with Gasteiger partial charge in [-0.3, -0.25) is 0 Å². The second-order valence-electron chi connectivity index (χ2n) is 3.50. The highest BCUT2D eigenvalue weighted by atomic mass is 32.2. The zero-order chi connectivity index (χ0) is 12.2. The second kappa shape index (κ2) is 5.32. The third-order valence-electron chi connectivity index (χ3n) is 2.32. The molecule has 0 unspecified atom stereocenters. The lowest BCUT2D eigenvalue weighted by Crippen LogP contribution is -2.14. The van der Waals surface area contributed by atoms with E-state index in [1.54, 1.807) is 19.1 Å². The first-order chi connectivity index (χ1) is 7.49. The fraction of sp³-hybridized carbons (Fsp3) is 0.455. The van der Waals surface area contributed by atoms with Gasteiger partial charge in [0.05, 0.1) is 22.9 Å². The largest absolute Gasteiger partial charge is 0.397 e. The molecule has 0 bridgehead atoms. The van der Waals surface area contributed by atoms with Gasteiger partial charge in [-0.05, 0) is 25.5 Å². The van der Waals surface area contributed by atoms with E-state index in [1.165, 1.54) is 6.07 Å². The Morgan fingerprint density at radius 1 is 1.38 bits per heavy atom. The van der Waals surface area contributed by atoms with Crippen LogP contribution in [0.5, 0.6) is 0 Å². The Morgan fingerprint density at radius 3 is 2.69 bits per heavy atom. The Bertz CT molecular complexity index is 454. The highest BCUT2D eigenvalue weighted by Gasteiger charge is 2.17. The van der Waals surface area contributed by atoms with E-state index in [1.807, 2.05) is 6.92 Å². The number of anilines is 1. The quantitative estimate of drug-likeness (QED) is 0.626. The number of aryl methyl sites for hydroxylation is 1. The van der Waals surface area contributed by atoms with Crippen molar-refractivity contribution in [2.45, 2.75) is 18.7 Å². The molecular weight excluding hydrogens is 226 g/mol. The molecule has 1 aromatic rings. The molecular formula is C11H17NO3S. The van der Waals surface area contributed by atoms with Crippen molar-refractivity contribution < 1.29 is 13.2 Å². The molecule has 0 fully saturated rings. The number of hydrogen-bond acceptors (Lipinski definition) is 4. The molecule has 90 valence electrons. The summed E-state index contributed by atoms with van der Waals surface area (Å²) in [6.07, 6.45) is 0. The third-order valence-corrected chi connectivity index (χ3v) is 4.05. The SMILES string of the molecule is CCOCCS(=O)(=O)c1cccc(C)c1N. The van der Waals surface area contributed by atoms with Crippen molar-refractivity contribution in [3.8, 4) is 0 Å². The van der Waals surface area contributed by atoms with Crippen molar-refractivity contribution in [2.75, 3.05) is 24.7 Å². The topological polar surface area (TPSA) is 69.4 Å². The Hall–Kier alpha value is -1.07. The number of nitrogens with two attached hydrogens (primary N) is 1. The summed E-state index contributed by atoms with van der Waals surface area (Å²) < 4.78 is 28.9. The van der Waals surface area contributed by atoms with Crippen molar-refractivity contribution in [2.24, 2.45) is 0 Å². The fourth-order valence-corrected chi connectivity index (χ4v) is 2.69. The molecule has 16 heavy (non-hydrogen) atoms. The summed E-state index contributed by atoms with van der Waals surface area (Å²) in [4.78, 5) is 0.201. The number of rotatable bonds is 5. The van der Waals surface area contributed by atoms with Crippen molar-refractivity contribution in [3.63, 3.8) is 0 Å². The molecule has 5 heteroatoms. The molecule has 0 saturated heterocycles. The molecule has 0 amide bonds. The highest BCUT2D eigenvalue weighted by molar-refractivity contribution is 7.91. The maximum atomic E-state index is 11.9. The van der Waals surface area contributed by atoms with Crippen LogP contribution < -0.4 is 5.73 Å². The van der Waals surface area contributed by atoms with Gasteiger partial charge >= 0.3 is 0 Å². The summed E-state index contributed by atoms with van der Waals surface area (Å²) in [5.41, 5.74) is 6.86. The Labute approximate surface area is 96.3 Å². The zero-order valence-corrected chi connectivity index (χ0v) is 10.4. The van der Waals surface area contributed by atoms with Crippen LogP contribution >= 0.6 is 0 Å². The smallest absolute Gasteiger partial charge is 0.182 e. The molecule has 1 aromatic carbocycles. The van der Waals surface area contributed by atoms with E-state index in [2.05, 4.69) is 0 Å². The van der Waals surface area contributed by atoms with Crippen LogP contribution in [0, 0.1) is 6.92 Å². The number of nitrogen functional groups attached to an aromatic ring is 1. The Kier molecular flexibility index (Phi) is 4.32. The fourth-order valence-electron chi connectivity index (χ4n) is 1.35. The molecule has 0 atom stereocenters. The van der Waals surface area contributed by atoms with Gasteiger partial charge in [0.25, 0.3) is 0 Å². The second-order valence-corrected chi connectivity index (χ2v) is 5.58. The molecule has 2 N–H and O–H groups in total. The molecule has 0 aliphatic heterocycles. The molecule has 0 aliphatic rings. The normalized spacial score (nSPS) is 11.6. The zero-order valence-electron chi connectivity index (χ0n) is 9.56.